The van der Waals surface area contributed by atoms with Crippen LogP contribution in [0.2, 0.25) is 0 Å². The lowest BCUT2D eigenvalue weighted by atomic mass is 10.1. The van der Waals surface area contributed by atoms with Gasteiger partial charge >= 0.3 is 0 Å². The molecule has 2 aliphatic rings. The lowest BCUT2D eigenvalue weighted by Crippen LogP contribution is -2.35. The Morgan fingerprint density at radius 1 is 1.53 bits per heavy atom. The van der Waals surface area contributed by atoms with Crippen molar-refractivity contribution >= 4 is 11.6 Å². The van der Waals surface area contributed by atoms with Gasteiger partial charge in [-0.1, -0.05) is 6.07 Å². The summed E-state index contributed by atoms with van der Waals surface area (Å²) in [6, 6.07) is 6.41. The molecule has 0 saturated heterocycles. The predicted molar refractivity (Wildman–Crippen MR) is 73.3 cm³/mol. The number of carbonyl (C=O) groups is 1. The van der Waals surface area contributed by atoms with Crippen molar-refractivity contribution in [1.82, 2.24) is 5.32 Å². The van der Waals surface area contributed by atoms with Crippen LogP contribution >= 0.6 is 0 Å². The van der Waals surface area contributed by atoms with Gasteiger partial charge in [-0.2, -0.15) is 0 Å². The molecule has 0 radical (unpaired) electrons. The quantitative estimate of drug-likeness (QED) is 0.841. The Hall–Kier alpha value is -1.59. The van der Waals surface area contributed by atoms with Crippen molar-refractivity contribution in [2.45, 2.75) is 24.9 Å². The molecule has 3 rings (SSSR count). The third kappa shape index (κ3) is 2.57. The summed E-state index contributed by atoms with van der Waals surface area (Å²) in [5, 5.41) is 3.42. The van der Waals surface area contributed by atoms with E-state index in [1.54, 1.807) is 11.9 Å². The van der Waals surface area contributed by atoms with E-state index in [9.17, 15) is 4.79 Å². The van der Waals surface area contributed by atoms with E-state index in [0.717, 1.165) is 23.5 Å². The van der Waals surface area contributed by atoms with Gasteiger partial charge in [0.1, 0.15) is 5.75 Å². The Morgan fingerprint density at radius 2 is 2.32 bits per heavy atom. The van der Waals surface area contributed by atoms with Crippen LogP contribution in [0.25, 0.3) is 0 Å². The molecule has 1 aromatic rings. The molecule has 1 heterocycles. The molecule has 5 heteroatoms. The van der Waals surface area contributed by atoms with Crippen molar-refractivity contribution < 1.29 is 9.53 Å². The Balaban J connectivity index is 1.77. The van der Waals surface area contributed by atoms with Gasteiger partial charge in [-0.25, -0.2) is 0 Å². The summed E-state index contributed by atoms with van der Waals surface area (Å²) in [5.41, 5.74) is 8.00. The van der Waals surface area contributed by atoms with Crippen LogP contribution in [0.3, 0.4) is 0 Å². The highest BCUT2D eigenvalue weighted by Gasteiger charge is 2.24. The van der Waals surface area contributed by atoms with Crippen LogP contribution < -0.4 is 20.7 Å². The van der Waals surface area contributed by atoms with Crippen molar-refractivity contribution in [2.75, 3.05) is 25.1 Å². The summed E-state index contributed by atoms with van der Waals surface area (Å²) >= 11 is 0. The van der Waals surface area contributed by atoms with Crippen molar-refractivity contribution in [2.24, 2.45) is 5.73 Å². The number of hydrogen-bond acceptors (Lipinski definition) is 4. The summed E-state index contributed by atoms with van der Waals surface area (Å²) < 4.78 is 5.40. The normalized spacial score (nSPS) is 19.9. The van der Waals surface area contributed by atoms with Crippen molar-refractivity contribution in [3.8, 4) is 5.75 Å². The van der Waals surface area contributed by atoms with Gasteiger partial charge in [0.15, 0.2) is 6.61 Å². The van der Waals surface area contributed by atoms with Gasteiger partial charge in [0.2, 0.25) is 0 Å². The van der Waals surface area contributed by atoms with Gasteiger partial charge in [0.25, 0.3) is 5.91 Å². The molecule has 102 valence electrons. The van der Waals surface area contributed by atoms with Crippen molar-refractivity contribution in [1.29, 1.82) is 0 Å². The monoisotopic (exact) mass is 261 g/mol. The Labute approximate surface area is 112 Å². The van der Waals surface area contributed by atoms with Gasteiger partial charge in [-0.15, -0.1) is 0 Å². The fraction of sp³-hybridized carbons (Fsp3) is 0.500. The molecule has 1 aromatic carbocycles. The van der Waals surface area contributed by atoms with E-state index in [-0.39, 0.29) is 18.6 Å². The average Bonchev–Trinajstić information content (AvgIpc) is 3.24. The van der Waals surface area contributed by atoms with E-state index in [0.29, 0.717) is 6.04 Å². The first-order valence-electron chi connectivity index (χ1n) is 6.67. The highest BCUT2D eigenvalue weighted by Crippen LogP contribution is 2.33. The number of benzene rings is 1. The number of nitrogens with two attached hydrogens (primary N) is 1. The third-order valence-corrected chi connectivity index (χ3v) is 3.70. The second kappa shape index (κ2) is 4.83. The fourth-order valence-corrected chi connectivity index (χ4v) is 2.22. The largest absolute Gasteiger partial charge is 0.482 e. The molecule has 1 fully saturated rings. The Kier molecular flexibility index (Phi) is 3.16. The van der Waals surface area contributed by atoms with Crippen LogP contribution in [-0.4, -0.2) is 32.1 Å². The number of ether oxygens (including phenoxy) is 1. The molecule has 1 aliphatic heterocycles. The number of hydrogen-bond donors (Lipinski definition) is 2. The number of amides is 1. The molecule has 0 aromatic heterocycles. The second-order valence-corrected chi connectivity index (χ2v) is 5.26. The highest BCUT2D eigenvalue weighted by molar-refractivity contribution is 5.97. The molecular formula is C14H19N3O2. The second-order valence-electron chi connectivity index (χ2n) is 5.26. The zero-order chi connectivity index (χ0) is 13.4. The maximum Gasteiger partial charge on any atom is 0.264 e. The van der Waals surface area contributed by atoms with E-state index < -0.39 is 0 Å². The number of likely N-dealkylation sites (N-methyl/N-ethyl adjacent to an activating group) is 1. The molecule has 3 N–H and O–H groups in total. The van der Waals surface area contributed by atoms with Gasteiger partial charge < -0.3 is 20.7 Å². The van der Waals surface area contributed by atoms with Gasteiger partial charge in [-0.05, 0) is 30.5 Å². The number of nitrogens with zero attached hydrogens (tertiary/aromatic N) is 1. The molecule has 0 spiro atoms. The molecule has 1 unspecified atom stereocenters. The van der Waals surface area contributed by atoms with E-state index in [1.165, 1.54) is 12.8 Å². The zero-order valence-corrected chi connectivity index (χ0v) is 11.1. The van der Waals surface area contributed by atoms with Gasteiger partial charge in [0, 0.05) is 25.7 Å². The highest BCUT2D eigenvalue weighted by atomic mass is 16.5. The number of nitrogens with one attached hydrogen (secondary N) is 1. The summed E-state index contributed by atoms with van der Waals surface area (Å²) in [6.45, 7) is 0.875. The minimum absolute atomic E-state index is 0.0330. The number of fused-ring (bicyclic) bond motifs is 1. The SMILES string of the molecule is CN1C(=O)COc2ccc(C(N)CNC3CC3)cc21. The van der Waals surface area contributed by atoms with Crippen LogP contribution in [-0.2, 0) is 4.79 Å². The van der Waals surface area contributed by atoms with Crippen LogP contribution in [0, 0.1) is 0 Å². The van der Waals surface area contributed by atoms with Crippen LogP contribution in [0.5, 0.6) is 5.75 Å². The number of rotatable bonds is 4. The van der Waals surface area contributed by atoms with Crippen LogP contribution in [0.4, 0.5) is 5.69 Å². The van der Waals surface area contributed by atoms with E-state index in [4.69, 9.17) is 10.5 Å². The summed E-state index contributed by atoms with van der Waals surface area (Å²) in [7, 11) is 1.77. The molecule has 0 bridgehead atoms. The lowest BCUT2D eigenvalue weighted by molar-refractivity contribution is -0.120. The van der Waals surface area contributed by atoms with Crippen molar-refractivity contribution in [3.05, 3.63) is 23.8 Å². The van der Waals surface area contributed by atoms with E-state index in [2.05, 4.69) is 5.32 Å². The van der Waals surface area contributed by atoms with Gasteiger partial charge in [-0.3, -0.25) is 4.79 Å². The molecule has 19 heavy (non-hydrogen) atoms. The zero-order valence-electron chi connectivity index (χ0n) is 11.1. The Morgan fingerprint density at radius 3 is 3.05 bits per heavy atom. The van der Waals surface area contributed by atoms with Crippen molar-refractivity contribution in [3.63, 3.8) is 0 Å². The minimum Gasteiger partial charge on any atom is -0.482 e. The first kappa shape index (κ1) is 12.4. The molecule has 1 saturated carbocycles. The molecule has 1 atom stereocenters. The molecule has 5 nitrogen and oxygen atoms in total. The third-order valence-electron chi connectivity index (χ3n) is 3.70. The molecular weight excluding hydrogens is 242 g/mol. The maximum atomic E-state index is 11.6. The Bertz CT molecular complexity index is 499. The summed E-state index contributed by atoms with van der Waals surface area (Å²) in [4.78, 5) is 13.2. The average molecular weight is 261 g/mol. The van der Waals surface area contributed by atoms with Crippen LogP contribution in [0.15, 0.2) is 18.2 Å². The first-order chi connectivity index (χ1) is 9.15. The number of carbonyl (C=O) groups excluding carboxylic acids is 1. The molecule has 1 aliphatic carbocycles. The minimum atomic E-state index is -0.0590. The van der Waals surface area contributed by atoms with Gasteiger partial charge in [0.05, 0.1) is 5.69 Å². The van der Waals surface area contributed by atoms with Crippen LogP contribution in [0.1, 0.15) is 24.4 Å². The predicted octanol–water partition coefficient (Wildman–Crippen LogP) is 0.794. The van der Waals surface area contributed by atoms with E-state index >= 15 is 0 Å². The van der Waals surface area contributed by atoms with E-state index in [1.807, 2.05) is 18.2 Å². The lowest BCUT2D eigenvalue weighted by Gasteiger charge is -2.27. The maximum absolute atomic E-state index is 11.6. The topological polar surface area (TPSA) is 67.6 Å². The first-order valence-corrected chi connectivity index (χ1v) is 6.67. The fourth-order valence-electron chi connectivity index (χ4n) is 2.22. The standard InChI is InChI=1S/C14H19N3O2/c1-17-12-6-9(11(15)7-16-10-3-4-10)2-5-13(12)19-8-14(17)18/h2,5-6,10-11,16H,3-4,7-8,15H2,1H3. The molecule has 1 amide bonds. The summed E-state index contributed by atoms with van der Waals surface area (Å²) in [5.74, 6) is 0.711. The smallest absolute Gasteiger partial charge is 0.264 e. The summed E-state index contributed by atoms with van der Waals surface area (Å²) in [6.07, 6.45) is 2.50. The number of anilines is 1.